The summed E-state index contributed by atoms with van der Waals surface area (Å²) in [4.78, 5) is 0. The van der Waals surface area contributed by atoms with Crippen LogP contribution in [0.25, 0.3) is 0 Å². The van der Waals surface area contributed by atoms with Crippen LogP contribution in [-0.4, -0.2) is 6.04 Å². The maximum Gasteiger partial charge on any atom is 0.0104 e. The van der Waals surface area contributed by atoms with Gasteiger partial charge in [-0.1, -0.05) is 27.7 Å². The molecule has 3 unspecified atom stereocenters. The molecule has 0 aromatic carbocycles. The molecular weight excluding hydrogens is 170 g/mol. The second kappa shape index (κ2) is 3.52. The fourth-order valence-electron chi connectivity index (χ4n) is 4.21. The van der Waals surface area contributed by atoms with Crippen LogP contribution in [0.3, 0.4) is 0 Å². The lowest BCUT2D eigenvalue weighted by atomic mass is 9.70. The molecule has 2 saturated carbocycles. The fourth-order valence-corrected chi connectivity index (χ4v) is 4.21. The summed E-state index contributed by atoms with van der Waals surface area (Å²) in [6, 6.07) is 0.501. The molecule has 0 radical (unpaired) electrons. The van der Waals surface area contributed by atoms with Gasteiger partial charge in [-0.15, -0.1) is 0 Å². The lowest BCUT2D eigenvalue weighted by Gasteiger charge is -2.38. The zero-order valence-electron chi connectivity index (χ0n) is 10.0. The fraction of sp³-hybridized carbons (Fsp3) is 1.00. The quantitative estimate of drug-likeness (QED) is 0.684. The van der Waals surface area contributed by atoms with Crippen molar-refractivity contribution in [2.24, 2.45) is 41.2 Å². The minimum atomic E-state index is 0.501. The molecule has 0 heterocycles. The van der Waals surface area contributed by atoms with Gasteiger partial charge in [-0.25, -0.2) is 0 Å². The van der Waals surface area contributed by atoms with Crippen LogP contribution in [0.1, 0.15) is 40.5 Å². The van der Waals surface area contributed by atoms with Gasteiger partial charge >= 0.3 is 0 Å². The van der Waals surface area contributed by atoms with Gasteiger partial charge < -0.3 is 5.73 Å². The molecule has 1 nitrogen and oxygen atoms in total. The molecule has 0 amide bonds. The van der Waals surface area contributed by atoms with Crippen molar-refractivity contribution in [3.63, 3.8) is 0 Å². The first-order chi connectivity index (χ1) is 6.54. The van der Waals surface area contributed by atoms with Crippen LogP contribution in [0, 0.1) is 35.5 Å². The van der Waals surface area contributed by atoms with E-state index < -0.39 is 0 Å². The first-order valence-electron chi connectivity index (χ1n) is 6.29. The van der Waals surface area contributed by atoms with Gasteiger partial charge in [0, 0.05) is 6.04 Å². The van der Waals surface area contributed by atoms with Crippen LogP contribution in [0.4, 0.5) is 0 Å². The van der Waals surface area contributed by atoms with Gasteiger partial charge in [-0.05, 0) is 48.3 Å². The van der Waals surface area contributed by atoms with Crippen LogP contribution in [0.5, 0.6) is 0 Å². The molecule has 2 aliphatic rings. The van der Waals surface area contributed by atoms with Gasteiger partial charge in [-0.2, -0.15) is 0 Å². The van der Waals surface area contributed by atoms with Crippen molar-refractivity contribution in [3.05, 3.63) is 0 Å². The number of nitrogens with two attached hydrogens (primary N) is 1. The van der Waals surface area contributed by atoms with E-state index in [1.54, 1.807) is 0 Å². The van der Waals surface area contributed by atoms with E-state index in [0.29, 0.717) is 6.04 Å². The number of rotatable bonds is 1. The highest BCUT2D eigenvalue weighted by molar-refractivity contribution is 5.02. The second-order valence-corrected chi connectivity index (χ2v) is 6.02. The highest BCUT2D eigenvalue weighted by Crippen LogP contribution is 2.53. The Bertz CT molecular complexity index is 207. The minimum Gasteiger partial charge on any atom is -0.327 e. The van der Waals surface area contributed by atoms with E-state index in [9.17, 15) is 0 Å². The van der Waals surface area contributed by atoms with E-state index in [1.165, 1.54) is 12.8 Å². The third kappa shape index (κ3) is 1.32. The maximum absolute atomic E-state index is 6.39. The van der Waals surface area contributed by atoms with Crippen LogP contribution in [0.2, 0.25) is 0 Å². The topological polar surface area (TPSA) is 26.0 Å². The predicted octanol–water partition coefficient (Wildman–Crippen LogP) is 2.90. The van der Waals surface area contributed by atoms with Crippen molar-refractivity contribution in [1.29, 1.82) is 0 Å². The van der Waals surface area contributed by atoms with Crippen molar-refractivity contribution >= 4 is 0 Å². The van der Waals surface area contributed by atoms with E-state index in [-0.39, 0.29) is 0 Å². The molecule has 2 bridgehead atoms. The number of hydrogen-bond acceptors (Lipinski definition) is 1. The summed E-state index contributed by atoms with van der Waals surface area (Å²) >= 11 is 0. The Morgan fingerprint density at radius 1 is 1.07 bits per heavy atom. The first kappa shape index (κ1) is 10.5. The second-order valence-electron chi connectivity index (χ2n) is 6.02. The summed E-state index contributed by atoms with van der Waals surface area (Å²) in [5.41, 5.74) is 6.39. The van der Waals surface area contributed by atoms with Gasteiger partial charge in [0.1, 0.15) is 0 Å². The Labute approximate surface area is 88.4 Å². The molecule has 2 rings (SSSR count). The largest absolute Gasteiger partial charge is 0.327 e. The summed E-state index contributed by atoms with van der Waals surface area (Å²) in [5, 5.41) is 0. The summed E-state index contributed by atoms with van der Waals surface area (Å²) < 4.78 is 0. The molecule has 2 aliphatic carbocycles. The Balaban J connectivity index is 2.22. The summed E-state index contributed by atoms with van der Waals surface area (Å²) in [6.07, 6.45) is 2.81. The average Bonchev–Trinajstić information content (AvgIpc) is 2.30. The molecule has 14 heavy (non-hydrogen) atoms. The van der Waals surface area contributed by atoms with Gasteiger partial charge in [0.2, 0.25) is 0 Å². The lowest BCUT2D eigenvalue weighted by Crippen LogP contribution is -2.42. The standard InChI is InChI=1S/C13H25N/c1-7(2)10-5-6-11-8(3)9(4)12(10)13(11)14/h7-13H,5-6,14H2,1-4H3/t8-,9+,10-,11?,12?,13?/m1/s1. The Morgan fingerprint density at radius 2 is 1.71 bits per heavy atom. The Kier molecular flexibility index (Phi) is 2.63. The highest BCUT2D eigenvalue weighted by atomic mass is 14.8. The SMILES string of the molecule is CC(C)[C@H]1CCC2C(N)C1[C@@H](C)[C@H]2C. The molecular formula is C13H25N. The Morgan fingerprint density at radius 3 is 2.29 bits per heavy atom. The first-order valence-corrected chi connectivity index (χ1v) is 6.29. The summed E-state index contributed by atoms with van der Waals surface area (Å²) in [7, 11) is 0. The van der Waals surface area contributed by atoms with E-state index >= 15 is 0 Å². The predicted molar refractivity (Wildman–Crippen MR) is 60.8 cm³/mol. The van der Waals surface area contributed by atoms with Crippen molar-refractivity contribution in [2.75, 3.05) is 0 Å². The van der Waals surface area contributed by atoms with Crippen LogP contribution >= 0.6 is 0 Å². The van der Waals surface area contributed by atoms with Gasteiger partial charge in [0.05, 0.1) is 0 Å². The third-order valence-electron chi connectivity index (χ3n) is 5.23. The van der Waals surface area contributed by atoms with Crippen LogP contribution in [-0.2, 0) is 0 Å². The van der Waals surface area contributed by atoms with Crippen molar-refractivity contribution < 1.29 is 0 Å². The molecule has 0 saturated heterocycles. The van der Waals surface area contributed by atoms with E-state index in [4.69, 9.17) is 5.73 Å². The molecule has 1 heteroatoms. The summed E-state index contributed by atoms with van der Waals surface area (Å²) in [6.45, 7) is 9.58. The average molecular weight is 195 g/mol. The number of fused-ring (bicyclic) bond motifs is 2. The Hall–Kier alpha value is -0.0400. The molecule has 6 atom stereocenters. The van der Waals surface area contributed by atoms with Crippen LogP contribution in [0.15, 0.2) is 0 Å². The monoisotopic (exact) mass is 195 g/mol. The van der Waals surface area contributed by atoms with E-state index in [2.05, 4.69) is 27.7 Å². The maximum atomic E-state index is 6.39. The zero-order valence-corrected chi connectivity index (χ0v) is 10.0. The van der Waals surface area contributed by atoms with Crippen molar-refractivity contribution in [3.8, 4) is 0 Å². The van der Waals surface area contributed by atoms with Gasteiger partial charge in [0.25, 0.3) is 0 Å². The van der Waals surface area contributed by atoms with Gasteiger partial charge in [0.15, 0.2) is 0 Å². The van der Waals surface area contributed by atoms with E-state index in [1.807, 2.05) is 0 Å². The number of hydrogen-bond donors (Lipinski definition) is 1. The smallest absolute Gasteiger partial charge is 0.0104 e. The summed E-state index contributed by atoms with van der Waals surface area (Å²) in [5.74, 6) is 5.05. The molecule has 82 valence electrons. The molecule has 0 aromatic rings. The van der Waals surface area contributed by atoms with Crippen molar-refractivity contribution in [1.82, 2.24) is 0 Å². The van der Waals surface area contributed by atoms with Gasteiger partial charge in [-0.3, -0.25) is 0 Å². The molecule has 0 aromatic heterocycles. The zero-order chi connectivity index (χ0) is 10.5. The molecule has 2 N–H and O–H groups in total. The molecule has 0 spiro atoms. The third-order valence-corrected chi connectivity index (χ3v) is 5.23. The van der Waals surface area contributed by atoms with Crippen molar-refractivity contribution in [2.45, 2.75) is 46.6 Å². The molecule has 0 aliphatic heterocycles. The molecule has 2 fully saturated rings. The normalized spacial score (nSPS) is 52.7. The van der Waals surface area contributed by atoms with Crippen LogP contribution < -0.4 is 5.73 Å². The highest BCUT2D eigenvalue weighted by Gasteiger charge is 2.50. The lowest BCUT2D eigenvalue weighted by molar-refractivity contribution is 0.143. The van der Waals surface area contributed by atoms with E-state index in [0.717, 1.165) is 35.5 Å². The minimum absolute atomic E-state index is 0.501.